The molecule has 4 nitrogen and oxygen atoms in total. The maximum atomic E-state index is 6.13. The van der Waals surface area contributed by atoms with E-state index in [4.69, 9.17) is 10.5 Å². The summed E-state index contributed by atoms with van der Waals surface area (Å²) in [6.07, 6.45) is 6.08. The van der Waals surface area contributed by atoms with Crippen molar-refractivity contribution in [3.8, 4) is 0 Å². The molecule has 0 spiro atoms. The molecule has 1 aliphatic rings. The average Bonchev–Trinajstić information content (AvgIpc) is 2.86. The van der Waals surface area contributed by atoms with Gasteiger partial charge in [0.25, 0.3) is 0 Å². The van der Waals surface area contributed by atoms with Gasteiger partial charge in [-0.05, 0) is 25.7 Å². The Balaban J connectivity index is 1.91. The average molecular weight is 209 g/mol. The Morgan fingerprint density at radius 3 is 3.20 bits per heavy atom. The van der Waals surface area contributed by atoms with E-state index in [9.17, 15) is 0 Å². The van der Waals surface area contributed by atoms with E-state index in [0.29, 0.717) is 5.92 Å². The van der Waals surface area contributed by atoms with Crippen molar-refractivity contribution in [3.05, 3.63) is 18.0 Å². The minimum absolute atomic E-state index is 0.108. The van der Waals surface area contributed by atoms with Gasteiger partial charge in [0.05, 0.1) is 6.20 Å². The fourth-order valence-electron chi connectivity index (χ4n) is 2.01. The molecule has 0 bridgehead atoms. The highest BCUT2D eigenvalue weighted by Crippen LogP contribution is 2.24. The van der Waals surface area contributed by atoms with Gasteiger partial charge in [0.2, 0.25) is 0 Å². The molecule has 2 heterocycles. The van der Waals surface area contributed by atoms with Crippen molar-refractivity contribution in [1.29, 1.82) is 0 Å². The van der Waals surface area contributed by atoms with E-state index in [-0.39, 0.29) is 6.04 Å². The Labute approximate surface area is 90.4 Å². The number of nitrogens with zero attached hydrogens (tertiary/aromatic N) is 2. The molecule has 0 aliphatic carbocycles. The van der Waals surface area contributed by atoms with Gasteiger partial charge in [-0.25, -0.2) is 0 Å². The largest absolute Gasteiger partial charge is 0.381 e. The van der Waals surface area contributed by atoms with E-state index in [0.717, 1.165) is 38.2 Å². The van der Waals surface area contributed by atoms with Gasteiger partial charge in [0.1, 0.15) is 0 Å². The van der Waals surface area contributed by atoms with Crippen LogP contribution < -0.4 is 5.73 Å². The number of aromatic nitrogens is 2. The molecule has 15 heavy (non-hydrogen) atoms. The van der Waals surface area contributed by atoms with Gasteiger partial charge in [0.15, 0.2) is 0 Å². The van der Waals surface area contributed by atoms with Gasteiger partial charge in [-0.1, -0.05) is 0 Å². The molecule has 1 saturated heterocycles. The highest BCUT2D eigenvalue weighted by atomic mass is 16.5. The van der Waals surface area contributed by atoms with Gasteiger partial charge >= 0.3 is 0 Å². The molecule has 1 aromatic heterocycles. The summed E-state index contributed by atoms with van der Waals surface area (Å²) in [4.78, 5) is 0. The predicted molar refractivity (Wildman–Crippen MR) is 58.4 cm³/mol. The summed E-state index contributed by atoms with van der Waals surface area (Å²) in [6, 6.07) is 0.108. The highest BCUT2D eigenvalue weighted by Gasteiger charge is 2.20. The summed E-state index contributed by atoms with van der Waals surface area (Å²) in [6.45, 7) is 4.74. The third-order valence-electron chi connectivity index (χ3n) is 3.02. The van der Waals surface area contributed by atoms with Crippen LogP contribution in [0.3, 0.4) is 0 Å². The number of ether oxygens (including phenoxy) is 1. The van der Waals surface area contributed by atoms with E-state index in [1.807, 2.05) is 17.1 Å². The summed E-state index contributed by atoms with van der Waals surface area (Å²) >= 11 is 0. The molecule has 1 aliphatic heterocycles. The Bertz CT molecular complexity index is 305. The monoisotopic (exact) mass is 209 g/mol. The number of nitrogens with two attached hydrogens (primary N) is 1. The number of aryl methyl sites for hydroxylation is 1. The normalized spacial score (nSPS) is 23.2. The Hall–Kier alpha value is -0.870. The van der Waals surface area contributed by atoms with Crippen molar-refractivity contribution in [2.75, 3.05) is 13.2 Å². The van der Waals surface area contributed by atoms with E-state index >= 15 is 0 Å². The lowest BCUT2D eigenvalue weighted by Gasteiger charge is -2.13. The molecular formula is C11H19N3O. The maximum Gasteiger partial charge on any atom is 0.0537 e. The van der Waals surface area contributed by atoms with Crippen LogP contribution >= 0.6 is 0 Å². The lowest BCUT2D eigenvalue weighted by Crippen LogP contribution is -2.15. The molecule has 1 fully saturated rings. The van der Waals surface area contributed by atoms with Crippen molar-refractivity contribution in [1.82, 2.24) is 9.78 Å². The van der Waals surface area contributed by atoms with E-state index in [1.165, 1.54) is 0 Å². The van der Waals surface area contributed by atoms with Crippen molar-refractivity contribution in [2.24, 2.45) is 11.7 Å². The molecule has 2 N–H and O–H groups in total. The maximum absolute atomic E-state index is 6.13. The molecule has 0 saturated carbocycles. The predicted octanol–water partition coefficient (Wildman–Crippen LogP) is 1.33. The second-order valence-electron chi connectivity index (χ2n) is 4.20. The van der Waals surface area contributed by atoms with Crippen molar-refractivity contribution in [3.63, 3.8) is 0 Å². The van der Waals surface area contributed by atoms with Crippen LogP contribution in [-0.4, -0.2) is 23.0 Å². The molecule has 2 rings (SSSR count). The third kappa shape index (κ3) is 2.58. The second kappa shape index (κ2) is 4.77. The first-order valence-corrected chi connectivity index (χ1v) is 5.65. The lowest BCUT2D eigenvalue weighted by molar-refractivity contribution is 0.182. The summed E-state index contributed by atoms with van der Waals surface area (Å²) < 4.78 is 7.26. The first kappa shape index (κ1) is 10.6. The molecule has 84 valence electrons. The van der Waals surface area contributed by atoms with Crippen LogP contribution in [0.4, 0.5) is 0 Å². The Morgan fingerprint density at radius 2 is 2.60 bits per heavy atom. The summed E-state index contributed by atoms with van der Waals surface area (Å²) in [5.74, 6) is 0.630. The van der Waals surface area contributed by atoms with E-state index in [1.54, 1.807) is 0 Å². The summed E-state index contributed by atoms with van der Waals surface area (Å²) in [5.41, 5.74) is 7.28. The van der Waals surface area contributed by atoms with Gasteiger partial charge in [-0.2, -0.15) is 5.10 Å². The summed E-state index contributed by atoms with van der Waals surface area (Å²) in [7, 11) is 0. The molecule has 0 amide bonds. The quantitative estimate of drug-likeness (QED) is 0.814. The standard InChI is InChI=1S/C11H19N3O/c1-2-14-7-10(6-13-14)11(12)5-9-3-4-15-8-9/h6-7,9,11H,2-5,8,12H2,1H3. The molecule has 2 atom stereocenters. The number of hydrogen-bond donors (Lipinski definition) is 1. The summed E-state index contributed by atoms with van der Waals surface area (Å²) in [5, 5.41) is 4.24. The lowest BCUT2D eigenvalue weighted by atomic mass is 9.97. The van der Waals surface area contributed by atoms with Crippen LogP contribution in [0, 0.1) is 5.92 Å². The topological polar surface area (TPSA) is 53.1 Å². The third-order valence-corrected chi connectivity index (χ3v) is 3.02. The SMILES string of the molecule is CCn1cc(C(N)CC2CCOC2)cn1. The van der Waals surface area contributed by atoms with E-state index < -0.39 is 0 Å². The van der Waals surface area contributed by atoms with Crippen LogP contribution in [0.15, 0.2) is 12.4 Å². The fraction of sp³-hybridized carbons (Fsp3) is 0.727. The fourth-order valence-corrected chi connectivity index (χ4v) is 2.01. The van der Waals surface area contributed by atoms with Crippen LogP contribution in [-0.2, 0) is 11.3 Å². The van der Waals surface area contributed by atoms with E-state index in [2.05, 4.69) is 12.0 Å². The smallest absolute Gasteiger partial charge is 0.0537 e. The van der Waals surface area contributed by atoms with Gasteiger partial charge in [0, 0.05) is 37.6 Å². The Morgan fingerprint density at radius 1 is 1.73 bits per heavy atom. The molecule has 1 aromatic rings. The molecule has 0 radical (unpaired) electrons. The first-order chi connectivity index (χ1) is 7.29. The molecule has 0 aromatic carbocycles. The first-order valence-electron chi connectivity index (χ1n) is 5.65. The zero-order valence-electron chi connectivity index (χ0n) is 9.22. The molecule has 2 unspecified atom stereocenters. The zero-order valence-corrected chi connectivity index (χ0v) is 9.22. The van der Waals surface area contributed by atoms with Gasteiger partial charge < -0.3 is 10.5 Å². The van der Waals surface area contributed by atoms with Gasteiger partial charge in [-0.15, -0.1) is 0 Å². The van der Waals surface area contributed by atoms with Gasteiger partial charge in [-0.3, -0.25) is 4.68 Å². The van der Waals surface area contributed by atoms with Crippen LogP contribution in [0.1, 0.15) is 31.4 Å². The minimum atomic E-state index is 0.108. The van der Waals surface area contributed by atoms with Crippen LogP contribution in [0.25, 0.3) is 0 Å². The van der Waals surface area contributed by atoms with Crippen LogP contribution in [0.2, 0.25) is 0 Å². The highest BCUT2D eigenvalue weighted by molar-refractivity contribution is 5.09. The second-order valence-corrected chi connectivity index (χ2v) is 4.20. The van der Waals surface area contributed by atoms with Crippen molar-refractivity contribution >= 4 is 0 Å². The molecular weight excluding hydrogens is 190 g/mol. The minimum Gasteiger partial charge on any atom is -0.381 e. The van der Waals surface area contributed by atoms with Crippen molar-refractivity contribution < 1.29 is 4.74 Å². The molecule has 4 heteroatoms. The number of rotatable bonds is 4. The van der Waals surface area contributed by atoms with Crippen molar-refractivity contribution in [2.45, 2.75) is 32.4 Å². The Kier molecular flexibility index (Phi) is 3.38. The van der Waals surface area contributed by atoms with Crippen LogP contribution in [0.5, 0.6) is 0 Å². The number of hydrogen-bond acceptors (Lipinski definition) is 3. The zero-order chi connectivity index (χ0) is 10.7.